The van der Waals surface area contributed by atoms with Crippen LogP contribution in [0.4, 0.5) is 10.1 Å². The van der Waals surface area contributed by atoms with E-state index in [1.807, 2.05) is 12.1 Å². The number of benzene rings is 2. The second-order valence-electron chi connectivity index (χ2n) is 5.82. The second kappa shape index (κ2) is 8.85. The second-order valence-corrected chi connectivity index (χ2v) is 5.82. The van der Waals surface area contributed by atoms with Gasteiger partial charge in [0.15, 0.2) is 11.5 Å². The number of carbonyl (C=O) groups is 1. The lowest BCUT2D eigenvalue weighted by Crippen LogP contribution is -2.14. The summed E-state index contributed by atoms with van der Waals surface area (Å²) in [5.74, 6) is 0.0448. The summed E-state index contributed by atoms with van der Waals surface area (Å²) < 4.78 is 30.1. The average molecular weight is 382 g/mol. The summed E-state index contributed by atoms with van der Waals surface area (Å²) >= 11 is 0. The molecule has 144 valence electrons. The van der Waals surface area contributed by atoms with Gasteiger partial charge in [-0.1, -0.05) is 6.07 Å². The Morgan fingerprint density at radius 3 is 2.61 bits per heavy atom. The third kappa shape index (κ3) is 4.56. The largest absolute Gasteiger partial charge is 0.497 e. The summed E-state index contributed by atoms with van der Waals surface area (Å²) in [6.45, 7) is 0.286. The van der Waals surface area contributed by atoms with E-state index in [4.69, 9.17) is 14.2 Å². The molecule has 0 spiro atoms. The quantitative estimate of drug-likeness (QED) is 0.667. The first kappa shape index (κ1) is 19.2. The Morgan fingerprint density at radius 2 is 1.93 bits per heavy atom. The van der Waals surface area contributed by atoms with Crippen LogP contribution >= 0.6 is 0 Å². The highest BCUT2D eigenvalue weighted by Crippen LogP contribution is 2.31. The van der Waals surface area contributed by atoms with Crippen molar-refractivity contribution in [3.63, 3.8) is 0 Å². The van der Waals surface area contributed by atoms with Gasteiger partial charge < -0.3 is 19.5 Å². The first-order valence-corrected chi connectivity index (χ1v) is 8.45. The number of hydrogen-bond donors (Lipinski definition) is 1. The SMILES string of the molecule is COc1ccc(C(=O)Nc2ccc(OC)c(OCc3cccnc3)c2)c(F)c1. The molecule has 1 N–H and O–H groups in total. The standard InChI is InChI=1S/C21H19FN2O4/c1-26-16-6-7-17(18(22)11-16)21(25)24-15-5-8-19(27-2)20(10-15)28-13-14-4-3-9-23-12-14/h3-12H,13H2,1-2H3,(H,24,25). The zero-order valence-corrected chi connectivity index (χ0v) is 15.4. The Labute approximate surface area is 161 Å². The third-order valence-corrected chi connectivity index (χ3v) is 3.96. The summed E-state index contributed by atoms with van der Waals surface area (Å²) in [6.07, 6.45) is 3.38. The van der Waals surface area contributed by atoms with E-state index in [1.54, 1.807) is 30.6 Å². The van der Waals surface area contributed by atoms with E-state index in [0.29, 0.717) is 22.9 Å². The normalized spacial score (nSPS) is 10.2. The van der Waals surface area contributed by atoms with E-state index in [1.165, 1.54) is 26.4 Å². The molecule has 0 saturated carbocycles. The number of anilines is 1. The van der Waals surface area contributed by atoms with Crippen molar-refractivity contribution in [1.29, 1.82) is 0 Å². The number of aromatic nitrogens is 1. The van der Waals surface area contributed by atoms with Crippen molar-refractivity contribution < 1.29 is 23.4 Å². The minimum absolute atomic E-state index is 0.0885. The van der Waals surface area contributed by atoms with Crippen LogP contribution in [0, 0.1) is 5.82 Å². The molecule has 0 fully saturated rings. The molecule has 7 heteroatoms. The van der Waals surface area contributed by atoms with E-state index in [9.17, 15) is 9.18 Å². The summed E-state index contributed by atoms with van der Waals surface area (Å²) in [7, 11) is 2.95. The predicted octanol–water partition coefficient (Wildman–Crippen LogP) is 4.07. The number of nitrogens with zero attached hydrogens (tertiary/aromatic N) is 1. The van der Waals surface area contributed by atoms with Gasteiger partial charge >= 0.3 is 0 Å². The number of halogens is 1. The number of ether oxygens (including phenoxy) is 3. The Hall–Kier alpha value is -3.61. The molecule has 6 nitrogen and oxygen atoms in total. The summed E-state index contributed by atoms with van der Waals surface area (Å²) in [5, 5.41) is 2.66. The summed E-state index contributed by atoms with van der Waals surface area (Å²) in [5.41, 5.74) is 1.25. The van der Waals surface area contributed by atoms with Gasteiger partial charge in [-0.05, 0) is 30.3 Å². The smallest absolute Gasteiger partial charge is 0.258 e. The number of rotatable bonds is 7. The van der Waals surface area contributed by atoms with Crippen molar-refractivity contribution in [2.24, 2.45) is 0 Å². The molecule has 0 bridgehead atoms. The zero-order chi connectivity index (χ0) is 19.9. The maximum atomic E-state index is 14.1. The lowest BCUT2D eigenvalue weighted by atomic mass is 10.2. The van der Waals surface area contributed by atoms with Crippen LogP contribution < -0.4 is 19.5 Å². The van der Waals surface area contributed by atoms with Crippen LogP contribution in [0.5, 0.6) is 17.2 Å². The molecule has 1 heterocycles. The van der Waals surface area contributed by atoms with Crippen molar-refractivity contribution in [1.82, 2.24) is 4.98 Å². The van der Waals surface area contributed by atoms with E-state index in [2.05, 4.69) is 10.3 Å². The lowest BCUT2D eigenvalue weighted by molar-refractivity contribution is 0.102. The van der Waals surface area contributed by atoms with Crippen molar-refractivity contribution in [3.05, 3.63) is 77.9 Å². The predicted molar refractivity (Wildman–Crippen MR) is 102 cm³/mol. The summed E-state index contributed by atoms with van der Waals surface area (Å²) in [6, 6.07) is 12.7. The van der Waals surface area contributed by atoms with Gasteiger partial charge in [0.2, 0.25) is 0 Å². The Kier molecular flexibility index (Phi) is 6.06. The molecule has 2 aromatic carbocycles. The highest BCUT2D eigenvalue weighted by Gasteiger charge is 2.14. The molecule has 3 rings (SSSR count). The van der Waals surface area contributed by atoms with Gasteiger partial charge in [-0.15, -0.1) is 0 Å². The highest BCUT2D eigenvalue weighted by molar-refractivity contribution is 6.04. The van der Waals surface area contributed by atoms with Gasteiger partial charge in [0, 0.05) is 35.8 Å². The molecular formula is C21H19FN2O4. The molecule has 0 unspecified atom stereocenters. The molecule has 0 aliphatic rings. The Balaban J connectivity index is 1.76. The number of amides is 1. The highest BCUT2D eigenvalue weighted by atomic mass is 19.1. The van der Waals surface area contributed by atoms with Crippen LogP contribution in [0.1, 0.15) is 15.9 Å². The van der Waals surface area contributed by atoms with E-state index < -0.39 is 11.7 Å². The molecule has 1 amide bonds. The molecule has 0 radical (unpaired) electrons. The van der Waals surface area contributed by atoms with Crippen molar-refractivity contribution in [2.75, 3.05) is 19.5 Å². The number of carbonyl (C=O) groups excluding carboxylic acids is 1. The maximum Gasteiger partial charge on any atom is 0.258 e. The van der Waals surface area contributed by atoms with Crippen molar-refractivity contribution in [2.45, 2.75) is 6.61 Å². The first-order valence-electron chi connectivity index (χ1n) is 8.45. The fraction of sp³-hybridized carbons (Fsp3) is 0.143. The fourth-order valence-corrected chi connectivity index (χ4v) is 2.52. The number of hydrogen-bond acceptors (Lipinski definition) is 5. The number of nitrogens with one attached hydrogen (secondary N) is 1. The van der Waals surface area contributed by atoms with Crippen LogP contribution in [0.25, 0.3) is 0 Å². The maximum absolute atomic E-state index is 14.1. The van der Waals surface area contributed by atoms with Crippen LogP contribution in [0.15, 0.2) is 60.9 Å². The summed E-state index contributed by atoms with van der Waals surface area (Å²) in [4.78, 5) is 16.4. The minimum Gasteiger partial charge on any atom is -0.497 e. The molecule has 0 saturated heterocycles. The molecule has 0 atom stereocenters. The molecule has 3 aromatic rings. The van der Waals surface area contributed by atoms with Crippen LogP contribution in [0.2, 0.25) is 0 Å². The molecule has 0 aliphatic carbocycles. The van der Waals surface area contributed by atoms with Gasteiger partial charge in [-0.25, -0.2) is 4.39 Å². The molecule has 0 aliphatic heterocycles. The topological polar surface area (TPSA) is 69.7 Å². The van der Waals surface area contributed by atoms with Crippen LogP contribution in [-0.4, -0.2) is 25.1 Å². The zero-order valence-electron chi connectivity index (χ0n) is 15.4. The van der Waals surface area contributed by atoms with Gasteiger partial charge in [0.25, 0.3) is 5.91 Å². The van der Waals surface area contributed by atoms with Crippen molar-refractivity contribution in [3.8, 4) is 17.2 Å². The Bertz CT molecular complexity index is 964. The molecule has 1 aromatic heterocycles. The molecular weight excluding hydrogens is 363 g/mol. The van der Waals surface area contributed by atoms with Gasteiger partial charge in [-0.3, -0.25) is 9.78 Å². The average Bonchev–Trinajstić information content (AvgIpc) is 2.72. The van der Waals surface area contributed by atoms with E-state index in [0.717, 1.165) is 11.6 Å². The fourth-order valence-electron chi connectivity index (χ4n) is 2.52. The van der Waals surface area contributed by atoms with Gasteiger partial charge in [0.1, 0.15) is 18.2 Å². The van der Waals surface area contributed by atoms with Crippen molar-refractivity contribution >= 4 is 11.6 Å². The lowest BCUT2D eigenvalue weighted by Gasteiger charge is -2.13. The number of methoxy groups -OCH3 is 2. The van der Waals surface area contributed by atoms with Gasteiger partial charge in [0.05, 0.1) is 19.8 Å². The van der Waals surface area contributed by atoms with E-state index >= 15 is 0 Å². The van der Waals surface area contributed by atoms with Crippen LogP contribution in [-0.2, 0) is 6.61 Å². The monoisotopic (exact) mass is 382 g/mol. The molecule has 28 heavy (non-hydrogen) atoms. The van der Waals surface area contributed by atoms with Gasteiger partial charge in [-0.2, -0.15) is 0 Å². The first-order chi connectivity index (χ1) is 13.6. The number of pyridine rings is 1. The van der Waals surface area contributed by atoms with Crippen LogP contribution in [0.3, 0.4) is 0 Å². The Morgan fingerprint density at radius 1 is 1.07 bits per heavy atom. The minimum atomic E-state index is -0.668. The third-order valence-electron chi connectivity index (χ3n) is 3.96. The van der Waals surface area contributed by atoms with E-state index in [-0.39, 0.29) is 12.2 Å².